The highest BCUT2D eigenvalue weighted by molar-refractivity contribution is 7.89. The first-order valence-electron chi connectivity index (χ1n) is 12.9. The van der Waals surface area contributed by atoms with E-state index in [9.17, 15) is 22.8 Å². The molecule has 0 aliphatic rings. The van der Waals surface area contributed by atoms with Crippen LogP contribution in [-0.2, 0) is 30.8 Å². The van der Waals surface area contributed by atoms with Gasteiger partial charge < -0.3 is 15.4 Å². The van der Waals surface area contributed by atoms with Gasteiger partial charge in [0.05, 0.1) is 17.0 Å². The zero-order valence-electron chi connectivity index (χ0n) is 22.6. The number of likely N-dealkylation sites (N-methyl/N-ethyl adjacent to an activating group) is 1. The van der Waals surface area contributed by atoms with E-state index in [1.54, 1.807) is 12.1 Å². The van der Waals surface area contributed by atoms with Gasteiger partial charge in [0.2, 0.25) is 21.8 Å². The van der Waals surface area contributed by atoms with Crippen LogP contribution in [0.2, 0.25) is 0 Å². The average molecular weight is 545 g/mol. The molecule has 0 spiro atoms. The predicted octanol–water partition coefficient (Wildman–Crippen LogP) is 2.10. The maximum Gasteiger partial charge on any atom is 0.242 e. The van der Waals surface area contributed by atoms with Gasteiger partial charge in [-0.1, -0.05) is 61.9 Å². The Hall–Kier alpha value is -3.08. The smallest absolute Gasteiger partial charge is 0.242 e. The summed E-state index contributed by atoms with van der Waals surface area (Å²) in [5.41, 5.74) is 1.98. The van der Waals surface area contributed by atoms with Gasteiger partial charge in [0.1, 0.15) is 12.3 Å². The summed E-state index contributed by atoms with van der Waals surface area (Å²) >= 11 is 0. The zero-order valence-corrected chi connectivity index (χ0v) is 23.4. The average Bonchev–Trinajstić information content (AvgIpc) is 2.89. The van der Waals surface area contributed by atoms with Gasteiger partial charge in [-0.3, -0.25) is 14.9 Å². The van der Waals surface area contributed by atoms with Crippen LogP contribution in [0, 0.1) is 12.8 Å². The molecule has 38 heavy (non-hydrogen) atoms. The van der Waals surface area contributed by atoms with Crippen molar-refractivity contribution < 1.29 is 22.8 Å². The van der Waals surface area contributed by atoms with E-state index in [4.69, 9.17) is 0 Å². The lowest BCUT2D eigenvalue weighted by atomic mass is 10.0. The van der Waals surface area contributed by atoms with Crippen molar-refractivity contribution in [3.63, 3.8) is 0 Å². The number of carbonyl (C=O) groups is 3. The first kappa shape index (κ1) is 31.1. The van der Waals surface area contributed by atoms with E-state index in [1.165, 1.54) is 19.2 Å². The molecule has 0 aliphatic heterocycles. The van der Waals surface area contributed by atoms with E-state index >= 15 is 0 Å². The number of benzene rings is 2. The number of carbonyl (C=O) groups excluding carboxylic acids is 3. The van der Waals surface area contributed by atoms with Gasteiger partial charge >= 0.3 is 0 Å². The quantitative estimate of drug-likeness (QED) is 0.239. The highest BCUT2D eigenvalue weighted by Crippen LogP contribution is 2.11. The Morgan fingerprint density at radius 1 is 0.921 bits per heavy atom. The highest BCUT2D eigenvalue weighted by atomic mass is 32.2. The molecule has 0 aromatic heterocycles. The third kappa shape index (κ3) is 10.4. The molecule has 208 valence electrons. The van der Waals surface area contributed by atoms with Crippen molar-refractivity contribution in [3.8, 4) is 0 Å². The molecule has 0 bridgehead atoms. The van der Waals surface area contributed by atoms with Crippen LogP contribution in [-0.4, -0.2) is 58.2 Å². The van der Waals surface area contributed by atoms with Gasteiger partial charge in [-0.2, -0.15) is 0 Å². The summed E-state index contributed by atoms with van der Waals surface area (Å²) in [4.78, 5) is 37.7. The Morgan fingerprint density at radius 3 is 2.16 bits per heavy atom. The molecule has 0 saturated heterocycles. The third-order valence-electron chi connectivity index (χ3n) is 6.13. The lowest BCUT2D eigenvalue weighted by Gasteiger charge is -2.26. The molecule has 10 heteroatoms. The van der Waals surface area contributed by atoms with Crippen LogP contribution in [0.15, 0.2) is 59.5 Å². The first-order chi connectivity index (χ1) is 18.1. The van der Waals surface area contributed by atoms with Gasteiger partial charge in [0, 0.05) is 13.6 Å². The van der Waals surface area contributed by atoms with Crippen LogP contribution < -0.4 is 20.7 Å². The number of aryl methyl sites for hydroxylation is 2. The Labute approximate surface area is 226 Å². The molecule has 0 radical (unpaired) electrons. The minimum absolute atomic E-state index is 0.00779. The second kappa shape index (κ2) is 15.4. The van der Waals surface area contributed by atoms with Crippen molar-refractivity contribution in [1.82, 2.24) is 20.7 Å². The number of nitrogens with one attached hydrogen (secondary N) is 4. The molecule has 4 N–H and O–H groups in total. The molecule has 3 atom stereocenters. The second-order valence-electron chi connectivity index (χ2n) is 9.79. The van der Waals surface area contributed by atoms with Crippen molar-refractivity contribution >= 4 is 28.1 Å². The number of rotatable bonds is 16. The fraction of sp³-hybridized carbons (Fsp3) is 0.464. The summed E-state index contributed by atoms with van der Waals surface area (Å²) in [5, 5.41) is 8.49. The molecule has 0 aliphatic carbocycles. The van der Waals surface area contributed by atoms with Crippen LogP contribution in [0.1, 0.15) is 44.2 Å². The third-order valence-corrected chi connectivity index (χ3v) is 7.60. The summed E-state index contributed by atoms with van der Waals surface area (Å²) in [6.45, 7) is 5.81. The first-order valence-corrected chi connectivity index (χ1v) is 14.4. The molecule has 2 amide bonds. The Balaban J connectivity index is 2.09. The molecular formula is C28H40N4O5S. The minimum atomic E-state index is -3.73. The second-order valence-corrected chi connectivity index (χ2v) is 11.6. The van der Waals surface area contributed by atoms with Crippen LogP contribution in [0.25, 0.3) is 0 Å². The fourth-order valence-corrected chi connectivity index (χ4v) is 5.04. The maximum absolute atomic E-state index is 13.3. The standard InChI is InChI=1S/C28H40N4O5S/c1-20(2)18-26(27(34)29-4)32-28(35)25(15-12-22-8-6-5-7-9-22)31-23(19-33)16-17-30-38(36,37)24-13-10-21(3)11-14-24/h5-11,13-14,19-20,23,25-26,30-31H,12,15-18H2,1-4H3,(H,29,34)(H,32,35)/t23-,25+,26+/m1/s1. The van der Waals surface area contributed by atoms with Crippen LogP contribution in [0.5, 0.6) is 0 Å². The SMILES string of the molecule is CNC(=O)[C@H](CC(C)C)NC(=O)[C@H](CCc1ccccc1)N[C@@H](C=O)CCNS(=O)(=O)c1ccc(C)cc1. The molecule has 0 unspecified atom stereocenters. The van der Waals surface area contributed by atoms with E-state index in [0.29, 0.717) is 25.5 Å². The Morgan fingerprint density at radius 2 is 1.58 bits per heavy atom. The maximum atomic E-state index is 13.3. The molecule has 2 aromatic carbocycles. The molecule has 2 aromatic rings. The molecule has 0 fully saturated rings. The Kier molecular flexibility index (Phi) is 12.6. The minimum Gasteiger partial charge on any atom is -0.357 e. The van der Waals surface area contributed by atoms with Crippen LogP contribution >= 0.6 is 0 Å². The summed E-state index contributed by atoms with van der Waals surface area (Å²) in [7, 11) is -2.21. The van der Waals surface area contributed by atoms with Gasteiger partial charge in [-0.15, -0.1) is 0 Å². The van der Waals surface area contributed by atoms with Crippen LogP contribution in [0.3, 0.4) is 0 Å². The fourth-order valence-electron chi connectivity index (χ4n) is 3.99. The number of sulfonamides is 1. The van der Waals surface area contributed by atoms with E-state index in [1.807, 2.05) is 51.1 Å². The largest absolute Gasteiger partial charge is 0.357 e. The number of amides is 2. The van der Waals surface area contributed by atoms with E-state index in [0.717, 1.165) is 11.1 Å². The van der Waals surface area contributed by atoms with Crippen molar-refractivity contribution in [2.75, 3.05) is 13.6 Å². The van der Waals surface area contributed by atoms with Gasteiger partial charge in [-0.05, 0) is 56.2 Å². The lowest BCUT2D eigenvalue weighted by molar-refractivity contribution is -0.130. The topological polar surface area (TPSA) is 133 Å². The highest BCUT2D eigenvalue weighted by Gasteiger charge is 2.27. The molecule has 9 nitrogen and oxygen atoms in total. The zero-order chi connectivity index (χ0) is 28.1. The molecule has 0 saturated carbocycles. The van der Waals surface area contributed by atoms with Gasteiger partial charge in [-0.25, -0.2) is 13.1 Å². The normalized spacial score (nSPS) is 13.9. The number of hydrogen-bond acceptors (Lipinski definition) is 6. The number of hydrogen-bond donors (Lipinski definition) is 4. The van der Waals surface area contributed by atoms with E-state index in [2.05, 4.69) is 20.7 Å². The van der Waals surface area contributed by atoms with Crippen molar-refractivity contribution in [3.05, 3.63) is 65.7 Å². The Bertz CT molecular complexity index is 1140. The summed E-state index contributed by atoms with van der Waals surface area (Å²) in [5.74, 6) is -0.494. The summed E-state index contributed by atoms with van der Waals surface area (Å²) in [6.07, 6.45) is 2.25. The lowest BCUT2D eigenvalue weighted by Crippen LogP contribution is -2.55. The monoisotopic (exact) mass is 544 g/mol. The molecular weight excluding hydrogens is 504 g/mol. The summed E-state index contributed by atoms with van der Waals surface area (Å²) in [6, 6.07) is 13.9. The van der Waals surface area contributed by atoms with Crippen molar-refractivity contribution in [1.29, 1.82) is 0 Å². The van der Waals surface area contributed by atoms with Crippen molar-refractivity contribution in [2.45, 2.75) is 69.5 Å². The van der Waals surface area contributed by atoms with Gasteiger partial charge in [0.25, 0.3) is 0 Å². The van der Waals surface area contributed by atoms with Crippen LogP contribution in [0.4, 0.5) is 0 Å². The van der Waals surface area contributed by atoms with Gasteiger partial charge in [0.15, 0.2) is 0 Å². The number of aldehydes is 1. The summed E-state index contributed by atoms with van der Waals surface area (Å²) < 4.78 is 27.7. The predicted molar refractivity (Wildman–Crippen MR) is 148 cm³/mol. The molecule has 0 heterocycles. The molecule has 2 rings (SSSR count). The van der Waals surface area contributed by atoms with E-state index < -0.39 is 28.1 Å². The van der Waals surface area contributed by atoms with Crippen molar-refractivity contribution in [2.24, 2.45) is 5.92 Å². The van der Waals surface area contributed by atoms with E-state index in [-0.39, 0.29) is 35.6 Å².